The predicted octanol–water partition coefficient (Wildman–Crippen LogP) is 5.95. The van der Waals surface area contributed by atoms with Crippen LogP contribution >= 0.6 is 0 Å². The minimum absolute atomic E-state index is 0.0562. The summed E-state index contributed by atoms with van der Waals surface area (Å²) in [6, 6.07) is 0. The molecular weight excluding hydrogens is 538 g/mol. The first kappa shape index (κ1) is 28.8. The zero-order valence-corrected chi connectivity index (χ0v) is 26.5. The Bertz CT molecular complexity index is 1120. The molecule has 2 spiro atoms. The molecule has 8 saturated heterocycles. The molecule has 0 amide bonds. The molecule has 2 saturated carbocycles. The lowest BCUT2D eigenvalue weighted by Gasteiger charge is -2.61. The van der Waals surface area contributed by atoms with Gasteiger partial charge in [0.25, 0.3) is 0 Å². The number of hydrogen-bond acceptors (Lipinski definition) is 9. The van der Waals surface area contributed by atoms with Gasteiger partial charge in [0.1, 0.15) is 6.10 Å². The molecule has 0 N–H and O–H groups in total. The highest BCUT2D eigenvalue weighted by atomic mass is 17.3. The summed E-state index contributed by atoms with van der Waals surface area (Å²) >= 11 is 0. The first-order valence-electron chi connectivity index (χ1n) is 16.9. The molecular formula is C33H51NO8. The zero-order chi connectivity index (χ0) is 29.2. The third-order valence-electron chi connectivity index (χ3n) is 13.5. The summed E-state index contributed by atoms with van der Waals surface area (Å²) < 4.78 is 27.2. The summed E-state index contributed by atoms with van der Waals surface area (Å²) in [6.45, 7) is 13.3. The van der Waals surface area contributed by atoms with Crippen LogP contribution in [0, 0.1) is 47.3 Å². The SMILES string of the molecule is CN=C(C[C@H]1O[C@@H]2O[C@]3(C)CC[C@H]4[C@H](C)CC[C@@H]([C@H]1C)[C@@]24OO3)[C@H]1O[C@@H]2O[C@]3(C)CC[C@H]4[C@H](C)CC[C@@H]([C@H]1C)[C@@]24OO3. The number of nitrogens with zero attached hydrogens (tertiary/aromatic N) is 1. The maximum absolute atomic E-state index is 6.98. The molecule has 0 aromatic heterocycles. The highest BCUT2D eigenvalue weighted by molar-refractivity contribution is 5.89. The van der Waals surface area contributed by atoms with E-state index in [1.54, 1.807) is 0 Å². The molecule has 0 aromatic rings. The van der Waals surface area contributed by atoms with Gasteiger partial charge < -0.3 is 18.9 Å². The van der Waals surface area contributed by atoms with Crippen molar-refractivity contribution in [1.29, 1.82) is 0 Å². The third kappa shape index (κ3) is 3.80. The van der Waals surface area contributed by atoms with Gasteiger partial charge in [-0.3, -0.25) is 4.99 Å². The molecule has 9 heteroatoms. The number of hydrogen-bond donors (Lipinski definition) is 0. The number of aliphatic imine (C=N–C) groups is 1. The van der Waals surface area contributed by atoms with Crippen molar-refractivity contribution in [3.05, 3.63) is 0 Å². The standard InChI is InChI=1S/C33H51NO8/c1-17-8-10-23-19(3)26(35-28-32(23)21(17)12-14-30(5,37-28)39-41-32)16-25(34-7)27-20(4)24-11-9-18(2)22-13-15-31(6)38-29(36-27)33(22,24)42-40-31/h17-24,26-29H,8-16H2,1-7H3/t17-,18-,19-,20-,21+,22+,23+,24+,26-,27+,28-,29-,30+,31+,32-,33-/m1/s1. The average Bonchev–Trinajstić information content (AvgIpc) is 3.34. The molecule has 236 valence electrons. The van der Waals surface area contributed by atoms with Gasteiger partial charge in [-0.1, -0.05) is 27.7 Å². The van der Waals surface area contributed by atoms with Crippen molar-refractivity contribution in [2.75, 3.05) is 7.05 Å². The normalized spacial score (nSPS) is 60.3. The van der Waals surface area contributed by atoms with Crippen molar-refractivity contribution in [1.82, 2.24) is 0 Å². The van der Waals surface area contributed by atoms with Crippen LogP contribution < -0.4 is 0 Å². The van der Waals surface area contributed by atoms with Crippen molar-refractivity contribution in [3.8, 4) is 0 Å². The number of fused-ring (bicyclic) bond motifs is 4. The topological polar surface area (TPSA) is 86.2 Å². The van der Waals surface area contributed by atoms with E-state index in [0.29, 0.717) is 36.0 Å². The fourth-order valence-corrected chi connectivity index (χ4v) is 11.0. The molecule has 10 aliphatic rings. The summed E-state index contributed by atoms with van der Waals surface area (Å²) in [4.78, 5) is 29.8. The molecule has 0 aromatic carbocycles. The van der Waals surface area contributed by atoms with E-state index in [9.17, 15) is 0 Å². The van der Waals surface area contributed by atoms with Crippen molar-refractivity contribution >= 4 is 5.71 Å². The van der Waals surface area contributed by atoms with Crippen molar-refractivity contribution < 1.29 is 38.5 Å². The molecule has 0 unspecified atom stereocenters. The molecule has 8 aliphatic heterocycles. The maximum Gasteiger partial charge on any atom is 0.201 e. The van der Waals surface area contributed by atoms with Crippen LogP contribution in [0.4, 0.5) is 0 Å². The van der Waals surface area contributed by atoms with Crippen LogP contribution in [0.3, 0.4) is 0 Å². The van der Waals surface area contributed by atoms with Gasteiger partial charge in [-0.15, -0.1) is 0 Å². The second kappa shape index (κ2) is 9.68. The Hall–Kier alpha value is -0.650. The molecule has 2 aliphatic carbocycles. The van der Waals surface area contributed by atoms with Gasteiger partial charge in [0, 0.05) is 43.9 Å². The van der Waals surface area contributed by atoms with E-state index < -0.39 is 35.4 Å². The molecule has 8 heterocycles. The zero-order valence-electron chi connectivity index (χ0n) is 26.5. The van der Waals surface area contributed by atoms with Crippen LogP contribution in [0.15, 0.2) is 4.99 Å². The molecule has 10 rings (SSSR count). The summed E-state index contributed by atoms with van der Waals surface area (Å²) in [6.07, 6.45) is 7.77. The summed E-state index contributed by atoms with van der Waals surface area (Å²) in [7, 11) is 1.90. The highest BCUT2D eigenvalue weighted by Crippen LogP contribution is 2.63. The lowest BCUT2D eigenvalue weighted by atomic mass is 9.56. The van der Waals surface area contributed by atoms with Gasteiger partial charge >= 0.3 is 0 Å². The third-order valence-corrected chi connectivity index (χ3v) is 13.5. The fourth-order valence-electron chi connectivity index (χ4n) is 11.0. The molecule has 16 atom stereocenters. The Balaban J connectivity index is 1.08. The second-order valence-corrected chi connectivity index (χ2v) is 15.7. The fraction of sp³-hybridized carbons (Fsp3) is 0.970. The summed E-state index contributed by atoms with van der Waals surface area (Å²) in [5, 5.41) is 0. The van der Waals surface area contributed by atoms with Crippen LogP contribution in [0.25, 0.3) is 0 Å². The van der Waals surface area contributed by atoms with E-state index >= 15 is 0 Å². The smallest absolute Gasteiger partial charge is 0.201 e. The number of ether oxygens (including phenoxy) is 4. The van der Waals surface area contributed by atoms with E-state index in [1.165, 1.54) is 12.8 Å². The van der Waals surface area contributed by atoms with E-state index in [2.05, 4.69) is 27.7 Å². The maximum atomic E-state index is 6.98. The van der Waals surface area contributed by atoms with E-state index in [4.69, 9.17) is 43.5 Å². The van der Waals surface area contributed by atoms with Crippen LogP contribution in [0.2, 0.25) is 0 Å². The van der Waals surface area contributed by atoms with Gasteiger partial charge in [0.05, 0.1) is 6.10 Å². The van der Waals surface area contributed by atoms with Gasteiger partial charge in [-0.25, -0.2) is 19.6 Å². The Kier molecular flexibility index (Phi) is 6.64. The predicted molar refractivity (Wildman–Crippen MR) is 152 cm³/mol. The Morgan fingerprint density at radius 2 is 1.17 bits per heavy atom. The number of rotatable bonds is 3. The van der Waals surface area contributed by atoms with E-state index in [0.717, 1.165) is 44.2 Å². The van der Waals surface area contributed by atoms with Crippen LogP contribution in [-0.4, -0.2) is 60.3 Å². The lowest BCUT2D eigenvalue weighted by molar-refractivity contribution is -0.571. The van der Waals surface area contributed by atoms with E-state index in [1.807, 2.05) is 20.9 Å². The average molecular weight is 590 g/mol. The minimum atomic E-state index is -0.787. The van der Waals surface area contributed by atoms with E-state index in [-0.39, 0.29) is 30.0 Å². The second-order valence-electron chi connectivity index (χ2n) is 15.7. The minimum Gasteiger partial charge on any atom is -0.345 e. The Morgan fingerprint density at radius 3 is 1.71 bits per heavy atom. The monoisotopic (exact) mass is 589 g/mol. The first-order valence-corrected chi connectivity index (χ1v) is 16.9. The first-order chi connectivity index (χ1) is 20.0. The molecule has 42 heavy (non-hydrogen) atoms. The van der Waals surface area contributed by atoms with Crippen molar-refractivity contribution in [3.63, 3.8) is 0 Å². The molecule has 10 fully saturated rings. The molecule has 9 nitrogen and oxygen atoms in total. The summed E-state index contributed by atoms with van der Waals surface area (Å²) in [5.74, 6) is 1.25. The van der Waals surface area contributed by atoms with Crippen LogP contribution in [-0.2, 0) is 38.5 Å². The van der Waals surface area contributed by atoms with Crippen molar-refractivity contribution in [2.24, 2.45) is 52.3 Å². The summed E-state index contributed by atoms with van der Waals surface area (Å²) in [5.41, 5.74) is -0.0856. The highest BCUT2D eigenvalue weighted by Gasteiger charge is 2.71. The van der Waals surface area contributed by atoms with Gasteiger partial charge in [0.2, 0.25) is 11.6 Å². The van der Waals surface area contributed by atoms with Crippen LogP contribution in [0.5, 0.6) is 0 Å². The molecule has 4 bridgehead atoms. The Morgan fingerprint density at radius 1 is 0.643 bits per heavy atom. The van der Waals surface area contributed by atoms with Crippen molar-refractivity contribution in [2.45, 2.75) is 147 Å². The van der Waals surface area contributed by atoms with Gasteiger partial charge in [-0.2, -0.15) is 0 Å². The van der Waals surface area contributed by atoms with Gasteiger partial charge in [-0.05, 0) is 87.9 Å². The largest absolute Gasteiger partial charge is 0.345 e. The Labute approximate surface area is 250 Å². The van der Waals surface area contributed by atoms with Gasteiger partial charge in [0.15, 0.2) is 23.8 Å². The quantitative estimate of drug-likeness (QED) is 0.295. The van der Waals surface area contributed by atoms with Crippen LogP contribution in [0.1, 0.15) is 99.3 Å². The lowest BCUT2D eigenvalue weighted by Crippen LogP contribution is -2.71. The molecule has 0 radical (unpaired) electrons.